The van der Waals surface area contributed by atoms with Crippen molar-refractivity contribution in [2.45, 2.75) is 12.2 Å². The summed E-state index contributed by atoms with van der Waals surface area (Å²) < 4.78 is 8.86. The molecule has 0 aliphatic carbocycles. The number of esters is 1. The van der Waals surface area contributed by atoms with Gasteiger partial charge < -0.3 is 29.9 Å². The van der Waals surface area contributed by atoms with E-state index in [2.05, 4.69) is 11.3 Å². The lowest BCUT2D eigenvalue weighted by molar-refractivity contribution is -0.134. The molecule has 0 bridgehead atoms. The van der Waals surface area contributed by atoms with Crippen LogP contribution in [-0.2, 0) is 14.3 Å². The molecule has 7 heteroatoms. The first-order valence-corrected chi connectivity index (χ1v) is 4.87. The van der Waals surface area contributed by atoms with Gasteiger partial charge in [0.1, 0.15) is 12.2 Å². The van der Waals surface area contributed by atoms with Crippen LogP contribution >= 0.6 is 0 Å². The molecule has 2 unspecified atom stereocenters. The molecule has 0 aromatic carbocycles. The van der Waals surface area contributed by atoms with Crippen LogP contribution in [0.3, 0.4) is 0 Å². The van der Waals surface area contributed by atoms with E-state index >= 15 is 0 Å². The zero-order chi connectivity index (χ0) is 13.7. The molecule has 0 heterocycles. The Kier molecular flexibility index (Phi) is 14.1. The summed E-state index contributed by atoms with van der Waals surface area (Å²) in [5.41, 5.74) is 0. The van der Waals surface area contributed by atoms with Crippen LogP contribution in [0.5, 0.6) is 0 Å². The summed E-state index contributed by atoms with van der Waals surface area (Å²) in [6.45, 7) is 2.36. The molecule has 0 saturated heterocycles. The molecule has 0 aromatic heterocycles. The van der Waals surface area contributed by atoms with Gasteiger partial charge in [-0.2, -0.15) is 0 Å². The summed E-state index contributed by atoms with van der Waals surface area (Å²) in [4.78, 5) is 9.84. The van der Waals surface area contributed by atoms with E-state index in [9.17, 15) is 4.79 Å². The number of methoxy groups -OCH3 is 1. The van der Waals surface area contributed by atoms with Crippen LogP contribution in [-0.4, -0.2) is 72.1 Å². The van der Waals surface area contributed by atoms with E-state index in [-0.39, 0.29) is 26.4 Å². The van der Waals surface area contributed by atoms with Crippen molar-refractivity contribution >= 4 is 5.97 Å². The summed E-state index contributed by atoms with van der Waals surface area (Å²) in [5.74, 6) is -0.394. The highest BCUT2D eigenvalue weighted by atomic mass is 16.5. The number of hydrogen-bond acceptors (Lipinski definition) is 7. The van der Waals surface area contributed by atoms with Crippen molar-refractivity contribution in [1.29, 1.82) is 0 Å². The second-order valence-electron chi connectivity index (χ2n) is 2.94. The van der Waals surface area contributed by atoms with Crippen LogP contribution in [0.4, 0.5) is 0 Å². The van der Waals surface area contributed by atoms with Crippen LogP contribution in [0, 0.1) is 0 Å². The van der Waals surface area contributed by atoms with Crippen molar-refractivity contribution in [3.63, 3.8) is 0 Å². The van der Waals surface area contributed by atoms with Crippen LogP contribution in [0.1, 0.15) is 0 Å². The van der Waals surface area contributed by atoms with Gasteiger partial charge in [0.25, 0.3) is 0 Å². The van der Waals surface area contributed by atoms with Crippen LogP contribution in [0.2, 0.25) is 0 Å². The second-order valence-corrected chi connectivity index (χ2v) is 2.94. The van der Waals surface area contributed by atoms with E-state index in [4.69, 9.17) is 25.2 Å². The van der Waals surface area contributed by atoms with Gasteiger partial charge in [-0.25, -0.2) is 4.79 Å². The molecule has 17 heavy (non-hydrogen) atoms. The zero-order valence-corrected chi connectivity index (χ0v) is 9.78. The average Bonchev–Trinajstić information content (AvgIpc) is 2.37. The highest BCUT2D eigenvalue weighted by molar-refractivity contribution is 5.80. The molecule has 7 nitrogen and oxygen atoms in total. The van der Waals surface area contributed by atoms with Gasteiger partial charge in [0.2, 0.25) is 0 Å². The van der Waals surface area contributed by atoms with Gasteiger partial charge in [-0.1, -0.05) is 6.58 Å². The second kappa shape index (κ2) is 13.1. The van der Waals surface area contributed by atoms with E-state index in [1.54, 1.807) is 0 Å². The van der Waals surface area contributed by atoms with Gasteiger partial charge >= 0.3 is 5.97 Å². The lowest BCUT2D eigenvalue weighted by Crippen LogP contribution is -2.25. The van der Waals surface area contributed by atoms with Crippen molar-refractivity contribution in [2.24, 2.45) is 0 Å². The van der Waals surface area contributed by atoms with E-state index in [0.717, 1.165) is 6.08 Å². The van der Waals surface area contributed by atoms with Crippen LogP contribution < -0.4 is 0 Å². The third-order valence-corrected chi connectivity index (χ3v) is 1.41. The fraction of sp³-hybridized carbons (Fsp3) is 0.700. The molecule has 102 valence electrons. The first-order valence-electron chi connectivity index (χ1n) is 4.87. The molecule has 0 spiro atoms. The number of rotatable bonds is 7. The molecule has 0 aromatic rings. The molecule has 0 rings (SSSR count). The van der Waals surface area contributed by atoms with Crippen molar-refractivity contribution in [2.75, 3.05) is 33.5 Å². The molecular weight excluding hydrogens is 232 g/mol. The number of carbonyl (C=O) groups is 1. The fourth-order valence-corrected chi connectivity index (χ4v) is 0.529. The first kappa shape index (κ1) is 18.4. The van der Waals surface area contributed by atoms with Crippen molar-refractivity contribution in [3.8, 4) is 0 Å². The maximum atomic E-state index is 9.84. The first-order chi connectivity index (χ1) is 8.01. The molecule has 0 saturated carbocycles. The van der Waals surface area contributed by atoms with E-state index in [0.29, 0.717) is 0 Å². The lowest BCUT2D eigenvalue weighted by atomic mass is 10.4. The van der Waals surface area contributed by atoms with Gasteiger partial charge in [0.05, 0.1) is 33.5 Å². The van der Waals surface area contributed by atoms with Crippen LogP contribution in [0.15, 0.2) is 12.7 Å². The number of aliphatic hydroxyl groups excluding tert-OH is 4. The molecule has 0 aliphatic rings. The number of aliphatic hydroxyl groups is 4. The van der Waals surface area contributed by atoms with Gasteiger partial charge in [0.15, 0.2) is 0 Å². The van der Waals surface area contributed by atoms with Crippen molar-refractivity contribution in [1.82, 2.24) is 0 Å². The predicted molar refractivity (Wildman–Crippen MR) is 59.2 cm³/mol. The fourth-order valence-electron chi connectivity index (χ4n) is 0.529. The van der Waals surface area contributed by atoms with E-state index in [1.807, 2.05) is 0 Å². The highest BCUT2D eigenvalue weighted by Gasteiger charge is 2.04. The van der Waals surface area contributed by atoms with Crippen molar-refractivity contribution < 1.29 is 34.7 Å². The maximum Gasteiger partial charge on any atom is 0.329 e. The Labute approximate surface area is 99.9 Å². The lowest BCUT2D eigenvalue weighted by Gasteiger charge is -2.10. The summed E-state index contributed by atoms with van der Waals surface area (Å²) in [6.07, 6.45) is -0.721. The minimum Gasteiger partial charge on any atom is -0.466 e. The Hall–Kier alpha value is -0.990. The smallest absolute Gasteiger partial charge is 0.329 e. The molecular formula is C10H20O7. The van der Waals surface area contributed by atoms with Crippen molar-refractivity contribution in [3.05, 3.63) is 12.7 Å². The summed E-state index contributed by atoms with van der Waals surface area (Å²) in [6, 6.07) is 0. The largest absolute Gasteiger partial charge is 0.466 e. The van der Waals surface area contributed by atoms with E-state index < -0.39 is 18.2 Å². The van der Waals surface area contributed by atoms with Gasteiger partial charge in [0, 0.05) is 6.08 Å². The van der Waals surface area contributed by atoms with Gasteiger partial charge in [-0.05, 0) is 0 Å². The predicted octanol–water partition coefficient (Wildman–Crippen LogP) is -1.95. The maximum absolute atomic E-state index is 9.84. The molecule has 0 radical (unpaired) electrons. The Morgan fingerprint density at radius 3 is 1.82 bits per heavy atom. The SMILES string of the molecule is C=CC(=O)OC.OCC(O)COCC(O)CO. The summed E-state index contributed by atoms with van der Waals surface area (Å²) >= 11 is 0. The zero-order valence-electron chi connectivity index (χ0n) is 9.78. The minimum absolute atomic E-state index is 0.0342. The number of ether oxygens (including phenoxy) is 2. The standard InChI is InChI=1S/C6H14O5.C4H6O2/c7-1-5(9)3-11-4-6(10)2-8;1-3-4(5)6-2/h5-10H,1-4H2;3H,1H2,2H3. The number of carbonyl (C=O) groups excluding carboxylic acids is 1. The monoisotopic (exact) mass is 252 g/mol. The molecule has 0 amide bonds. The Balaban J connectivity index is 0. The number of hydrogen-bond donors (Lipinski definition) is 4. The highest BCUT2D eigenvalue weighted by Crippen LogP contribution is 1.87. The third kappa shape index (κ3) is 15.0. The summed E-state index contributed by atoms with van der Waals surface area (Å²) in [5, 5.41) is 34.1. The van der Waals surface area contributed by atoms with Crippen LogP contribution in [0.25, 0.3) is 0 Å². The quantitative estimate of drug-likeness (QED) is 0.307. The van der Waals surface area contributed by atoms with Gasteiger partial charge in [-0.3, -0.25) is 0 Å². The Morgan fingerprint density at radius 1 is 1.24 bits per heavy atom. The molecule has 2 atom stereocenters. The third-order valence-electron chi connectivity index (χ3n) is 1.41. The summed E-state index contributed by atoms with van der Waals surface area (Å²) in [7, 11) is 1.31. The Morgan fingerprint density at radius 2 is 1.65 bits per heavy atom. The molecule has 0 fully saturated rings. The minimum atomic E-state index is -0.916. The average molecular weight is 252 g/mol. The molecule has 4 N–H and O–H groups in total. The van der Waals surface area contributed by atoms with E-state index in [1.165, 1.54) is 7.11 Å². The normalized spacial score (nSPS) is 13.0. The Bertz CT molecular complexity index is 185. The topological polar surface area (TPSA) is 116 Å². The molecule has 0 aliphatic heterocycles. The van der Waals surface area contributed by atoms with Gasteiger partial charge in [-0.15, -0.1) is 0 Å².